The van der Waals surface area contributed by atoms with Crippen molar-refractivity contribution in [3.63, 3.8) is 0 Å². The van der Waals surface area contributed by atoms with E-state index in [4.69, 9.17) is 4.74 Å². The number of likely N-dealkylation sites (tertiary alicyclic amines) is 1. The summed E-state index contributed by atoms with van der Waals surface area (Å²) in [6.07, 6.45) is -1.27. The van der Waals surface area contributed by atoms with Crippen molar-refractivity contribution in [2.45, 2.75) is 45.9 Å². The van der Waals surface area contributed by atoms with E-state index in [0.717, 1.165) is 38.5 Å². The van der Waals surface area contributed by atoms with Crippen LogP contribution in [-0.4, -0.2) is 35.6 Å². The molecule has 6 heteroatoms. The Labute approximate surface area is 152 Å². The number of piperidine rings is 1. The molecule has 2 heterocycles. The Morgan fingerprint density at radius 2 is 1.81 bits per heavy atom. The number of ether oxygens (including phenoxy) is 1. The highest BCUT2D eigenvalue weighted by atomic mass is 19.4. The van der Waals surface area contributed by atoms with Crippen LogP contribution in [0.2, 0.25) is 0 Å². The van der Waals surface area contributed by atoms with Crippen LogP contribution in [0.5, 0.6) is 5.75 Å². The first kappa shape index (κ1) is 19.0. The van der Waals surface area contributed by atoms with Gasteiger partial charge >= 0.3 is 6.18 Å². The van der Waals surface area contributed by atoms with Gasteiger partial charge in [0.25, 0.3) is 0 Å². The van der Waals surface area contributed by atoms with Crippen molar-refractivity contribution >= 4 is 10.9 Å². The molecule has 3 rings (SSSR count). The Balaban J connectivity index is 1.75. The van der Waals surface area contributed by atoms with Gasteiger partial charge in [0.15, 0.2) is 0 Å². The number of hydrogen-bond donors (Lipinski definition) is 0. The minimum Gasteiger partial charge on any atom is -0.490 e. The van der Waals surface area contributed by atoms with Crippen molar-refractivity contribution in [1.82, 2.24) is 9.88 Å². The number of halogens is 3. The Bertz CT molecular complexity index is 760. The minimum absolute atomic E-state index is 0.0198. The summed E-state index contributed by atoms with van der Waals surface area (Å²) in [6.45, 7) is 9.58. The van der Waals surface area contributed by atoms with Gasteiger partial charge in [-0.1, -0.05) is 26.8 Å². The summed E-state index contributed by atoms with van der Waals surface area (Å²) in [5.41, 5.74) is -0.522. The Kier molecular flexibility index (Phi) is 5.15. The van der Waals surface area contributed by atoms with E-state index >= 15 is 0 Å². The largest absolute Gasteiger partial charge is 0.490 e. The molecule has 1 aromatic carbocycles. The average molecular weight is 366 g/mol. The maximum atomic E-state index is 13.2. The van der Waals surface area contributed by atoms with Gasteiger partial charge in [-0.15, -0.1) is 0 Å². The topological polar surface area (TPSA) is 25.4 Å². The maximum absolute atomic E-state index is 13.2. The van der Waals surface area contributed by atoms with Crippen LogP contribution < -0.4 is 4.74 Å². The summed E-state index contributed by atoms with van der Waals surface area (Å²) in [7, 11) is 0. The van der Waals surface area contributed by atoms with E-state index in [1.165, 1.54) is 12.3 Å². The second-order valence-corrected chi connectivity index (χ2v) is 8.16. The zero-order valence-electron chi connectivity index (χ0n) is 15.4. The fourth-order valence-electron chi connectivity index (χ4n) is 3.52. The van der Waals surface area contributed by atoms with E-state index in [2.05, 4.69) is 30.7 Å². The fourth-order valence-corrected chi connectivity index (χ4v) is 3.52. The quantitative estimate of drug-likeness (QED) is 0.752. The normalized spacial score (nSPS) is 17.6. The number of hydrogen-bond acceptors (Lipinski definition) is 3. The lowest BCUT2D eigenvalue weighted by atomic mass is 9.94. The van der Waals surface area contributed by atoms with Gasteiger partial charge in [0.05, 0.1) is 11.1 Å². The first-order valence-corrected chi connectivity index (χ1v) is 8.97. The van der Waals surface area contributed by atoms with E-state index < -0.39 is 11.7 Å². The monoisotopic (exact) mass is 366 g/mol. The molecule has 0 spiro atoms. The van der Waals surface area contributed by atoms with Crippen molar-refractivity contribution < 1.29 is 17.9 Å². The van der Waals surface area contributed by atoms with Crippen LogP contribution in [0.4, 0.5) is 13.2 Å². The maximum Gasteiger partial charge on any atom is 0.418 e. The second-order valence-electron chi connectivity index (χ2n) is 8.16. The van der Waals surface area contributed by atoms with Gasteiger partial charge in [0.2, 0.25) is 0 Å². The third kappa shape index (κ3) is 4.47. The molecule has 142 valence electrons. The summed E-state index contributed by atoms with van der Waals surface area (Å²) >= 11 is 0. The Morgan fingerprint density at radius 1 is 1.12 bits per heavy atom. The number of pyridine rings is 1. The highest BCUT2D eigenvalue weighted by Crippen LogP contribution is 2.36. The molecule has 1 fully saturated rings. The molecule has 2 aromatic rings. The molecule has 1 saturated heterocycles. The molecule has 0 saturated carbocycles. The predicted molar refractivity (Wildman–Crippen MR) is 96.3 cm³/mol. The van der Waals surface area contributed by atoms with Crippen LogP contribution in [0, 0.1) is 5.41 Å². The van der Waals surface area contributed by atoms with Crippen LogP contribution in [0.15, 0.2) is 30.5 Å². The molecule has 0 radical (unpaired) electrons. The van der Waals surface area contributed by atoms with Crippen molar-refractivity contribution in [3.05, 3.63) is 36.0 Å². The van der Waals surface area contributed by atoms with Crippen molar-refractivity contribution in [1.29, 1.82) is 0 Å². The van der Waals surface area contributed by atoms with Crippen LogP contribution >= 0.6 is 0 Å². The van der Waals surface area contributed by atoms with Gasteiger partial charge in [-0.05, 0) is 36.5 Å². The smallest absolute Gasteiger partial charge is 0.418 e. The molecule has 0 unspecified atom stereocenters. The van der Waals surface area contributed by atoms with Crippen LogP contribution in [-0.2, 0) is 6.18 Å². The Hall–Kier alpha value is -1.82. The fraction of sp³-hybridized carbons (Fsp3) is 0.550. The SMILES string of the molecule is CC(C)(C)CN1CCC(Oc2ccnc3c(C(F)(F)F)cccc23)CC1. The highest BCUT2D eigenvalue weighted by molar-refractivity contribution is 5.87. The van der Waals surface area contributed by atoms with Gasteiger partial charge in [-0.3, -0.25) is 4.98 Å². The van der Waals surface area contributed by atoms with Crippen molar-refractivity contribution in [2.24, 2.45) is 5.41 Å². The molecule has 0 N–H and O–H groups in total. The Morgan fingerprint density at radius 3 is 2.42 bits per heavy atom. The highest BCUT2D eigenvalue weighted by Gasteiger charge is 2.33. The standard InChI is InChI=1S/C20H25F3N2O/c1-19(2,3)13-25-11-8-14(9-12-25)26-17-7-10-24-18-15(17)5-4-6-16(18)20(21,22)23/h4-7,10,14H,8-9,11-13H2,1-3H3. The molecular weight excluding hydrogens is 341 g/mol. The molecule has 0 aliphatic carbocycles. The van der Waals surface area contributed by atoms with Crippen molar-refractivity contribution in [2.75, 3.05) is 19.6 Å². The van der Waals surface area contributed by atoms with Crippen molar-refractivity contribution in [3.8, 4) is 5.75 Å². The van der Waals surface area contributed by atoms with E-state index in [1.807, 2.05) is 0 Å². The number of para-hydroxylation sites is 1. The molecule has 3 nitrogen and oxygen atoms in total. The number of nitrogens with zero attached hydrogens (tertiary/aromatic N) is 2. The summed E-state index contributed by atoms with van der Waals surface area (Å²) in [5, 5.41) is 0.416. The number of benzene rings is 1. The molecule has 1 aromatic heterocycles. The summed E-state index contributed by atoms with van der Waals surface area (Å²) in [5.74, 6) is 0.482. The lowest BCUT2D eigenvalue weighted by molar-refractivity contribution is -0.136. The van der Waals surface area contributed by atoms with Crippen LogP contribution in [0.25, 0.3) is 10.9 Å². The van der Waals surface area contributed by atoms with E-state index in [9.17, 15) is 13.2 Å². The summed E-state index contributed by atoms with van der Waals surface area (Å²) < 4.78 is 45.7. The first-order chi connectivity index (χ1) is 12.1. The third-order valence-corrected chi connectivity index (χ3v) is 4.56. The zero-order valence-corrected chi connectivity index (χ0v) is 15.4. The lowest BCUT2D eigenvalue weighted by Gasteiger charge is -2.36. The van der Waals surface area contributed by atoms with Crippen LogP contribution in [0.3, 0.4) is 0 Å². The molecule has 1 aliphatic heterocycles. The number of fused-ring (bicyclic) bond motifs is 1. The van der Waals surface area contributed by atoms with E-state index in [0.29, 0.717) is 11.1 Å². The summed E-state index contributed by atoms with van der Waals surface area (Å²) in [4.78, 5) is 6.37. The first-order valence-electron chi connectivity index (χ1n) is 8.97. The van der Waals surface area contributed by atoms with Gasteiger partial charge in [0.1, 0.15) is 11.9 Å². The van der Waals surface area contributed by atoms with Crippen LogP contribution in [0.1, 0.15) is 39.2 Å². The molecule has 1 aliphatic rings. The second kappa shape index (κ2) is 7.06. The third-order valence-electron chi connectivity index (χ3n) is 4.56. The number of aromatic nitrogens is 1. The van der Waals surface area contributed by atoms with Gasteiger partial charge in [-0.25, -0.2) is 0 Å². The summed E-state index contributed by atoms with van der Waals surface area (Å²) in [6, 6.07) is 5.77. The van der Waals surface area contributed by atoms with Gasteiger partial charge in [-0.2, -0.15) is 13.2 Å². The van der Waals surface area contributed by atoms with Gasteiger partial charge in [0, 0.05) is 31.2 Å². The molecular formula is C20H25F3N2O. The zero-order chi connectivity index (χ0) is 18.9. The average Bonchev–Trinajstić information content (AvgIpc) is 2.54. The van der Waals surface area contributed by atoms with Gasteiger partial charge < -0.3 is 9.64 Å². The van der Waals surface area contributed by atoms with E-state index in [-0.39, 0.29) is 17.0 Å². The molecule has 26 heavy (non-hydrogen) atoms. The van der Waals surface area contributed by atoms with E-state index in [1.54, 1.807) is 12.1 Å². The molecule has 0 bridgehead atoms. The molecule has 0 amide bonds. The molecule has 0 atom stereocenters. The number of alkyl halides is 3. The minimum atomic E-state index is -4.43. The lowest BCUT2D eigenvalue weighted by Crippen LogP contribution is -2.42. The predicted octanol–water partition coefficient (Wildman–Crippen LogP) is 5.14. The number of rotatable bonds is 3.